The molecular formula is C17H9BrF3NO2. The summed E-state index contributed by atoms with van der Waals surface area (Å²) in [5, 5.41) is 9.76. The maximum atomic E-state index is 13.2. The third-order valence-electron chi connectivity index (χ3n) is 3.51. The molecule has 0 bridgehead atoms. The number of halogens is 4. The first-order valence-corrected chi connectivity index (χ1v) is 7.57. The molecule has 122 valence electrons. The second-order valence-corrected chi connectivity index (χ2v) is 5.98. The van der Waals surface area contributed by atoms with Gasteiger partial charge in [0.05, 0.1) is 22.3 Å². The Labute approximate surface area is 142 Å². The Bertz CT molecular complexity index is 954. The smallest absolute Gasteiger partial charge is 0.417 e. The molecule has 1 aromatic heterocycles. The highest BCUT2D eigenvalue weighted by Gasteiger charge is 2.33. The molecule has 0 amide bonds. The summed E-state index contributed by atoms with van der Waals surface area (Å²) >= 11 is 3.25. The van der Waals surface area contributed by atoms with Crippen molar-refractivity contribution >= 4 is 32.8 Å². The van der Waals surface area contributed by atoms with E-state index in [2.05, 4.69) is 20.9 Å². The molecule has 0 saturated heterocycles. The molecule has 24 heavy (non-hydrogen) atoms. The van der Waals surface area contributed by atoms with Crippen LogP contribution in [0, 0.1) is 0 Å². The van der Waals surface area contributed by atoms with Crippen molar-refractivity contribution in [3.63, 3.8) is 0 Å². The van der Waals surface area contributed by atoms with E-state index in [1.807, 2.05) is 0 Å². The molecule has 0 fully saturated rings. The van der Waals surface area contributed by atoms with Crippen LogP contribution in [0.5, 0.6) is 0 Å². The summed E-state index contributed by atoms with van der Waals surface area (Å²) in [7, 11) is 0. The van der Waals surface area contributed by atoms with Gasteiger partial charge in [0.1, 0.15) is 0 Å². The van der Waals surface area contributed by atoms with Crippen LogP contribution in [0.15, 0.2) is 53.0 Å². The molecule has 0 aliphatic rings. The van der Waals surface area contributed by atoms with Crippen molar-refractivity contribution in [3.8, 4) is 11.3 Å². The van der Waals surface area contributed by atoms with Gasteiger partial charge in [-0.15, -0.1) is 0 Å². The van der Waals surface area contributed by atoms with Crippen molar-refractivity contribution in [2.75, 3.05) is 0 Å². The molecule has 3 aromatic rings. The lowest BCUT2D eigenvalue weighted by molar-refractivity contribution is -0.137. The van der Waals surface area contributed by atoms with Gasteiger partial charge in [0.25, 0.3) is 0 Å². The van der Waals surface area contributed by atoms with Crippen LogP contribution in [-0.2, 0) is 6.18 Å². The average Bonchev–Trinajstić information content (AvgIpc) is 2.53. The topological polar surface area (TPSA) is 50.2 Å². The molecule has 7 heteroatoms. The van der Waals surface area contributed by atoms with Crippen LogP contribution in [-0.4, -0.2) is 16.1 Å². The van der Waals surface area contributed by atoms with Gasteiger partial charge in [0.15, 0.2) is 0 Å². The van der Waals surface area contributed by atoms with Gasteiger partial charge in [0.2, 0.25) is 0 Å². The van der Waals surface area contributed by atoms with E-state index >= 15 is 0 Å². The minimum atomic E-state index is -4.56. The van der Waals surface area contributed by atoms with Crippen LogP contribution < -0.4 is 0 Å². The molecule has 1 N–H and O–H groups in total. The lowest BCUT2D eigenvalue weighted by Gasteiger charge is -2.13. The molecule has 0 aliphatic carbocycles. The molecule has 3 rings (SSSR count). The van der Waals surface area contributed by atoms with Crippen molar-refractivity contribution in [1.82, 2.24) is 4.98 Å². The summed E-state index contributed by atoms with van der Waals surface area (Å²) in [5.74, 6) is -1.23. The van der Waals surface area contributed by atoms with Gasteiger partial charge in [-0.05, 0) is 30.3 Å². The van der Waals surface area contributed by atoms with E-state index in [0.717, 1.165) is 6.07 Å². The van der Waals surface area contributed by atoms with Crippen LogP contribution in [0.4, 0.5) is 13.2 Å². The number of alkyl halides is 3. The highest BCUT2D eigenvalue weighted by atomic mass is 79.9. The first-order valence-electron chi connectivity index (χ1n) is 6.77. The number of aromatic carboxylic acids is 1. The molecule has 3 nitrogen and oxygen atoms in total. The number of hydrogen-bond acceptors (Lipinski definition) is 2. The van der Waals surface area contributed by atoms with E-state index in [-0.39, 0.29) is 16.8 Å². The molecule has 0 spiro atoms. The van der Waals surface area contributed by atoms with Gasteiger partial charge in [-0.25, -0.2) is 9.78 Å². The lowest BCUT2D eigenvalue weighted by atomic mass is 10.00. The van der Waals surface area contributed by atoms with Crippen molar-refractivity contribution in [2.24, 2.45) is 0 Å². The van der Waals surface area contributed by atoms with Crippen LogP contribution >= 0.6 is 15.9 Å². The van der Waals surface area contributed by atoms with Gasteiger partial charge in [0, 0.05) is 15.4 Å². The summed E-state index contributed by atoms with van der Waals surface area (Å²) in [4.78, 5) is 15.7. The van der Waals surface area contributed by atoms with Gasteiger partial charge in [-0.3, -0.25) is 0 Å². The number of fused-ring (bicyclic) bond motifs is 1. The van der Waals surface area contributed by atoms with E-state index in [4.69, 9.17) is 0 Å². The monoisotopic (exact) mass is 395 g/mol. The molecule has 0 unspecified atom stereocenters. The number of carbonyl (C=O) groups is 1. The Balaban J connectivity index is 2.33. The molecule has 0 saturated carbocycles. The lowest BCUT2D eigenvalue weighted by Crippen LogP contribution is -2.08. The first kappa shape index (κ1) is 16.4. The van der Waals surface area contributed by atoms with Gasteiger partial charge < -0.3 is 5.11 Å². The van der Waals surface area contributed by atoms with Crippen LogP contribution in [0.1, 0.15) is 15.9 Å². The largest absolute Gasteiger partial charge is 0.478 e. The number of pyridine rings is 1. The zero-order valence-corrected chi connectivity index (χ0v) is 13.5. The van der Waals surface area contributed by atoms with E-state index in [0.29, 0.717) is 15.4 Å². The maximum Gasteiger partial charge on any atom is 0.417 e. The molecule has 1 heterocycles. The van der Waals surface area contributed by atoms with Gasteiger partial charge in [-0.2, -0.15) is 13.2 Å². The molecule has 0 aliphatic heterocycles. The van der Waals surface area contributed by atoms with E-state index in [9.17, 15) is 23.1 Å². The fraction of sp³-hybridized carbons (Fsp3) is 0.0588. The summed E-state index contributed by atoms with van der Waals surface area (Å²) in [5.41, 5.74) is -0.837. The number of carboxylic acid groups (broad SMARTS) is 1. The zero-order valence-electron chi connectivity index (χ0n) is 11.9. The Morgan fingerprint density at radius 2 is 1.79 bits per heavy atom. The van der Waals surface area contributed by atoms with E-state index in [1.165, 1.54) is 24.3 Å². The second-order valence-electron chi connectivity index (χ2n) is 5.07. The minimum absolute atomic E-state index is 0.0323. The van der Waals surface area contributed by atoms with Crippen molar-refractivity contribution < 1.29 is 23.1 Å². The summed E-state index contributed by atoms with van der Waals surface area (Å²) in [6.07, 6.45) is -4.56. The van der Waals surface area contributed by atoms with Crippen molar-refractivity contribution in [2.45, 2.75) is 6.18 Å². The predicted molar refractivity (Wildman–Crippen MR) is 86.8 cm³/mol. The molecule has 0 atom stereocenters. The fourth-order valence-corrected chi connectivity index (χ4v) is 2.83. The number of hydrogen-bond donors (Lipinski definition) is 1. The Morgan fingerprint density at radius 1 is 1.08 bits per heavy atom. The standard InChI is InChI=1S/C17H9BrF3NO2/c18-9-5-6-14-11(7-9)12(16(23)24)8-15(22-14)10-3-1-2-4-13(10)17(19,20)21/h1-8H,(H,23,24). The number of nitrogens with zero attached hydrogens (tertiary/aromatic N) is 1. The number of carboxylic acids is 1. The van der Waals surface area contributed by atoms with Crippen molar-refractivity contribution in [3.05, 3.63) is 64.1 Å². The van der Waals surface area contributed by atoms with Gasteiger partial charge in [-0.1, -0.05) is 34.1 Å². The quantitative estimate of drug-likeness (QED) is 0.633. The molecule has 2 aromatic carbocycles. The summed E-state index contributed by atoms with van der Waals surface area (Å²) < 4.78 is 40.3. The SMILES string of the molecule is O=C(O)c1cc(-c2ccccc2C(F)(F)F)nc2ccc(Br)cc12. The van der Waals surface area contributed by atoms with Gasteiger partial charge >= 0.3 is 12.1 Å². The Morgan fingerprint density at radius 3 is 2.46 bits per heavy atom. The maximum absolute atomic E-state index is 13.2. The molecular weight excluding hydrogens is 387 g/mol. The molecule has 0 radical (unpaired) electrons. The average molecular weight is 396 g/mol. The number of rotatable bonds is 2. The summed E-state index contributed by atoms with van der Waals surface area (Å²) in [6.45, 7) is 0. The zero-order chi connectivity index (χ0) is 17.5. The second kappa shape index (κ2) is 5.90. The third-order valence-corrected chi connectivity index (χ3v) is 4.00. The minimum Gasteiger partial charge on any atom is -0.478 e. The summed E-state index contributed by atoms with van der Waals surface area (Å²) in [6, 6.07) is 10.9. The first-order chi connectivity index (χ1) is 11.3. The van der Waals surface area contributed by atoms with Crippen LogP contribution in [0.2, 0.25) is 0 Å². The highest BCUT2D eigenvalue weighted by molar-refractivity contribution is 9.10. The highest BCUT2D eigenvalue weighted by Crippen LogP contribution is 2.37. The van der Waals surface area contributed by atoms with Crippen molar-refractivity contribution in [1.29, 1.82) is 0 Å². The van der Waals surface area contributed by atoms with E-state index in [1.54, 1.807) is 18.2 Å². The Kier molecular flexibility index (Phi) is 4.04. The predicted octanol–water partition coefficient (Wildman–Crippen LogP) is 5.38. The van der Waals surface area contributed by atoms with Crippen LogP contribution in [0.3, 0.4) is 0 Å². The fourth-order valence-electron chi connectivity index (χ4n) is 2.47. The van der Waals surface area contributed by atoms with E-state index < -0.39 is 17.7 Å². The Hall–Kier alpha value is -2.41. The van der Waals surface area contributed by atoms with Crippen LogP contribution in [0.25, 0.3) is 22.2 Å². The normalized spacial score (nSPS) is 11.7. The number of benzene rings is 2. The third kappa shape index (κ3) is 2.99. The number of aromatic nitrogens is 1.